The lowest BCUT2D eigenvalue weighted by molar-refractivity contribution is -0.121. The summed E-state index contributed by atoms with van der Waals surface area (Å²) in [4.78, 5) is 30.9. The second kappa shape index (κ2) is 21.6. The number of aryl methyl sites for hydroxylation is 2. The lowest BCUT2D eigenvalue weighted by Crippen LogP contribution is -2.23. The Morgan fingerprint density at radius 3 is 1.62 bits per heavy atom. The molecule has 18 heteroatoms. The van der Waals surface area contributed by atoms with Gasteiger partial charge < -0.3 is 44.2 Å². The molecular formula is C50H68N10O6Si2. The van der Waals surface area contributed by atoms with E-state index in [-0.39, 0.29) is 25.5 Å². The fourth-order valence-corrected chi connectivity index (χ4v) is 9.52. The Kier molecular flexibility index (Phi) is 15.9. The summed E-state index contributed by atoms with van der Waals surface area (Å²) in [5.41, 5.74) is 16.7. The van der Waals surface area contributed by atoms with Crippen LogP contribution in [0.2, 0.25) is 51.4 Å². The van der Waals surface area contributed by atoms with Crippen LogP contribution in [0, 0.1) is 0 Å². The Bertz CT molecular complexity index is 3020. The first-order valence-electron chi connectivity index (χ1n) is 23.2. The van der Waals surface area contributed by atoms with E-state index in [1.54, 1.807) is 26.6 Å². The summed E-state index contributed by atoms with van der Waals surface area (Å²) in [6.45, 7) is 17.0. The maximum atomic E-state index is 12.0. The van der Waals surface area contributed by atoms with Crippen molar-refractivity contribution in [1.29, 1.82) is 0 Å². The van der Waals surface area contributed by atoms with E-state index in [9.17, 15) is 4.79 Å². The van der Waals surface area contributed by atoms with Gasteiger partial charge in [0, 0.05) is 108 Å². The summed E-state index contributed by atoms with van der Waals surface area (Å²) in [7, 11) is 5.07. The van der Waals surface area contributed by atoms with Gasteiger partial charge in [-0.25, -0.2) is 19.9 Å². The number of amides is 1. The Hall–Kier alpha value is -5.90. The summed E-state index contributed by atoms with van der Waals surface area (Å²) in [5, 5.41) is 14.0. The Balaban J connectivity index is 0.000000204. The summed E-state index contributed by atoms with van der Waals surface area (Å²) in [6.07, 6.45) is 8.42. The number of ether oxygens (including phenoxy) is 4. The molecule has 0 unspecified atom stereocenters. The molecule has 362 valence electrons. The second-order valence-electron chi connectivity index (χ2n) is 19.6. The van der Waals surface area contributed by atoms with Crippen molar-refractivity contribution in [3.63, 3.8) is 0 Å². The van der Waals surface area contributed by atoms with Crippen molar-refractivity contribution in [3.8, 4) is 34.0 Å². The lowest BCUT2D eigenvalue weighted by Gasteiger charge is -2.16. The van der Waals surface area contributed by atoms with Crippen LogP contribution >= 0.6 is 0 Å². The Morgan fingerprint density at radius 2 is 1.18 bits per heavy atom. The predicted octanol–water partition coefficient (Wildman–Crippen LogP) is 8.67. The molecule has 0 spiro atoms. The molecule has 0 fully saturated rings. The number of aliphatic hydroxyl groups excluding tert-OH is 1. The highest BCUT2D eigenvalue weighted by Gasteiger charge is 2.21. The zero-order chi connectivity index (χ0) is 48.8. The molecule has 6 aromatic heterocycles. The number of hydrogen-bond acceptors (Lipinski definition) is 11. The molecule has 8 aromatic rings. The molecular weight excluding hydrogens is 893 g/mol. The molecule has 0 aliphatic heterocycles. The minimum atomic E-state index is -1.22. The predicted molar refractivity (Wildman–Crippen MR) is 276 cm³/mol. The van der Waals surface area contributed by atoms with Crippen LogP contribution in [-0.4, -0.2) is 99.4 Å². The van der Waals surface area contributed by atoms with Gasteiger partial charge in [-0.3, -0.25) is 13.9 Å². The first-order chi connectivity index (χ1) is 32.5. The maximum absolute atomic E-state index is 12.0. The highest BCUT2D eigenvalue weighted by atomic mass is 28.3. The van der Waals surface area contributed by atoms with Gasteiger partial charge in [0.05, 0.1) is 55.9 Å². The van der Waals surface area contributed by atoms with Gasteiger partial charge in [-0.1, -0.05) is 39.3 Å². The molecule has 2 aromatic carbocycles. The van der Waals surface area contributed by atoms with Crippen LogP contribution in [0.25, 0.3) is 66.6 Å². The van der Waals surface area contributed by atoms with E-state index in [0.717, 1.165) is 103 Å². The van der Waals surface area contributed by atoms with Crippen molar-refractivity contribution in [2.24, 2.45) is 19.8 Å². The van der Waals surface area contributed by atoms with Gasteiger partial charge in [-0.2, -0.15) is 0 Å². The quantitative estimate of drug-likeness (QED) is 0.0491. The van der Waals surface area contributed by atoms with Crippen molar-refractivity contribution in [1.82, 2.24) is 43.5 Å². The fourth-order valence-electron chi connectivity index (χ4n) is 8.00. The molecule has 1 amide bonds. The van der Waals surface area contributed by atoms with E-state index in [4.69, 9.17) is 44.7 Å². The molecule has 0 saturated carbocycles. The third kappa shape index (κ3) is 11.9. The first kappa shape index (κ1) is 50.0. The summed E-state index contributed by atoms with van der Waals surface area (Å²) < 4.78 is 31.7. The largest absolute Gasteiger partial charge is 0.497 e. The number of nitrogens with two attached hydrogens (primary N) is 1. The number of rotatable bonds is 20. The van der Waals surface area contributed by atoms with E-state index in [0.29, 0.717) is 38.7 Å². The number of nitrogens with zero attached hydrogens (tertiary/aromatic N) is 8. The fraction of sp³-hybridized carbons (Fsp3) is 0.420. The maximum Gasteiger partial charge on any atom is 0.220 e. The van der Waals surface area contributed by atoms with Crippen molar-refractivity contribution in [3.05, 3.63) is 84.7 Å². The number of methoxy groups -OCH3 is 2. The number of carbonyl (C=O) groups is 1. The molecule has 0 radical (unpaired) electrons. The van der Waals surface area contributed by atoms with Crippen molar-refractivity contribution in [2.45, 2.75) is 90.8 Å². The second-order valence-corrected chi connectivity index (χ2v) is 30.9. The average Bonchev–Trinajstić information content (AvgIpc) is 4.06. The number of aliphatic hydroxyl groups is 1. The number of nitrogens with one attached hydrogen (secondary N) is 1. The molecule has 0 aliphatic rings. The molecule has 0 saturated heterocycles. The zero-order valence-corrected chi connectivity index (χ0v) is 43.3. The number of fused-ring (bicyclic) bond motifs is 4. The highest BCUT2D eigenvalue weighted by Crippen LogP contribution is 2.37. The van der Waals surface area contributed by atoms with Crippen molar-refractivity contribution in [2.75, 3.05) is 34.0 Å². The van der Waals surface area contributed by atoms with Crippen LogP contribution in [-0.2, 0) is 54.9 Å². The van der Waals surface area contributed by atoms with Crippen LogP contribution in [0.1, 0.15) is 24.2 Å². The number of carbonyl (C=O) groups excluding carboxylic acids is 1. The third-order valence-corrected chi connectivity index (χ3v) is 15.3. The standard InChI is InChI=1S/C27H37N5O4Si.C23H31N5O2Si/c1-31-17-22(21-13-20(35-2)8-9-24(21)31)25-14-23-27(32(25)18-36-11-12-37(3,4)5)29-16-19(30-23)15-28-26(34)7-6-10-33;1-27-14-19(18-10-17(29-2)6-7-21(18)27)22-11-20-23(25-13-16(12-24)26-20)28(22)15-30-8-9-31(3,4)5/h8-9,13-14,16-17,33H,6-7,10-12,15,18H2,1-5H3,(H,28,34);6-7,10-11,13-14H,8-9,12,15,24H2,1-5H3. The minimum Gasteiger partial charge on any atom is -0.497 e. The van der Waals surface area contributed by atoms with Crippen molar-refractivity contribution < 1.29 is 28.8 Å². The lowest BCUT2D eigenvalue weighted by atomic mass is 10.1. The molecule has 68 heavy (non-hydrogen) atoms. The average molecular weight is 961 g/mol. The van der Waals surface area contributed by atoms with Gasteiger partial charge in [-0.15, -0.1) is 0 Å². The van der Waals surface area contributed by atoms with Gasteiger partial charge >= 0.3 is 0 Å². The van der Waals surface area contributed by atoms with E-state index in [1.165, 1.54) is 0 Å². The van der Waals surface area contributed by atoms with E-state index >= 15 is 0 Å². The molecule has 6 heterocycles. The molecule has 16 nitrogen and oxygen atoms in total. The molecule has 0 aliphatic carbocycles. The van der Waals surface area contributed by atoms with Gasteiger partial charge in [0.25, 0.3) is 0 Å². The molecule has 8 rings (SSSR count). The number of hydrogen-bond donors (Lipinski definition) is 3. The van der Waals surface area contributed by atoms with E-state index in [1.807, 2.05) is 31.3 Å². The van der Waals surface area contributed by atoms with E-state index in [2.05, 4.69) is 112 Å². The molecule has 4 N–H and O–H groups in total. The van der Waals surface area contributed by atoms with Crippen LogP contribution in [0.5, 0.6) is 11.5 Å². The summed E-state index contributed by atoms with van der Waals surface area (Å²) >= 11 is 0. The third-order valence-electron chi connectivity index (χ3n) is 11.9. The van der Waals surface area contributed by atoms with Crippen LogP contribution in [0.4, 0.5) is 0 Å². The number of benzene rings is 2. The summed E-state index contributed by atoms with van der Waals surface area (Å²) in [6, 6.07) is 18.5. The zero-order valence-electron chi connectivity index (χ0n) is 41.3. The minimum absolute atomic E-state index is 0.00443. The topological polar surface area (TPSA) is 184 Å². The normalized spacial score (nSPS) is 12.1. The van der Waals surface area contributed by atoms with Gasteiger partial charge in [0.15, 0.2) is 11.3 Å². The SMILES string of the molecule is COc1ccc2c(c1)c(-c1cc3nc(CN)cnc3n1COCC[Si](C)(C)C)cn2C.COc1ccc2c(c1)c(-c1cc3nc(CNC(=O)CCCO)cnc3n1COCC[Si](C)(C)C)cn2C. The number of aromatic nitrogens is 8. The van der Waals surface area contributed by atoms with Crippen LogP contribution in [0.15, 0.2) is 73.3 Å². The van der Waals surface area contributed by atoms with Crippen LogP contribution < -0.4 is 20.5 Å². The smallest absolute Gasteiger partial charge is 0.220 e. The first-order valence-corrected chi connectivity index (χ1v) is 30.6. The highest BCUT2D eigenvalue weighted by molar-refractivity contribution is 6.76. The monoisotopic (exact) mass is 960 g/mol. The van der Waals surface area contributed by atoms with Crippen LogP contribution in [0.3, 0.4) is 0 Å². The van der Waals surface area contributed by atoms with E-state index < -0.39 is 16.1 Å². The summed E-state index contributed by atoms with van der Waals surface area (Å²) in [5.74, 6) is 1.51. The molecule has 0 atom stereocenters. The van der Waals surface area contributed by atoms with Gasteiger partial charge in [0.1, 0.15) is 36.0 Å². The molecule has 0 bridgehead atoms. The van der Waals surface area contributed by atoms with Gasteiger partial charge in [0.2, 0.25) is 5.91 Å². The Labute approximate surface area is 400 Å². The van der Waals surface area contributed by atoms with Crippen molar-refractivity contribution >= 4 is 66.2 Å². The Morgan fingerprint density at radius 1 is 0.706 bits per heavy atom. The van der Waals surface area contributed by atoms with Gasteiger partial charge in [-0.05, 0) is 67.0 Å².